The predicted octanol–water partition coefficient (Wildman–Crippen LogP) is 0.161. The summed E-state index contributed by atoms with van der Waals surface area (Å²) in [7, 11) is 4.46. The van der Waals surface area contributed by atoms with Gasteiger partial charge in [-0.25, -0.2) is 0 Å². The van der Waals surface area contributed by atoms with Crippen molar-refractivity contribution >= 4 is 17.6 Å². The van der Waals surface area contributed by atoms with Crippen LogP contribution in [0.3, 0.4) is 0 Å². The van der Waals surface area contributed by atoms with E-state index >= 15 is 0 Å². The van der Waals surface area contributed by atoms with Crippen LogP contribution >= 0.6 is 0 Å². The van der Waals surface area contributed by atoms with E-state index in [2.05, 4.69) is 4.90 Å². The average Bonchev–Trinajstić information content (AvgIpc) is 2.74. The van der Waals surface area contributed by atoms with Crippen molar-refractivity contribution in [3.8, 4) is 0 Å². The van der Waals surface area contributed by atoms with E-state index in [-0.39, 0.29) is 6.61 Å². The first-order valence-electron chi connectivity index (χ1n) is 9.89. The van der Waals surface area contributed by atoms with Gasteiger partial charge in [-0.1, -0.05) is 0 Å². The predicted molar refractivity (Wildman–Crippen MR) is 115 cm³/mol. The van der Waals surface area contributed by atoms with Crippen LogP contribution < -0.4 is 5.73 Å². The van der Waals surface area contributed by atoms with Gasteiger partial charge in [0, 0.05) is 81.0 Å². The lowest BCUT2D eigenvalue weighted by Gasteiger charge is -2.27. The molecule has 0 saturated heterocycles. The first kappa shape index (κ1) is 29.0. The van der Waals surface area contributed by atoms with Crippen LogP contribution in [0.25, 0.3) is 0 Å². The molecule has 0 bridgehead atoms. The minimum atomic E-state index is -2.58. The summed E-state index contributed by atoms with van der Waals surface area (Å²) >= 11 is 0. The minimum Gasteiger partial charge on any atom is -0.389 e. The molecule has 1 unspecified atom stereocenters. The van der Waals surface area contributed by atoms with E-state index in [1.165, 1.54) is 0 Å². The molecule has 0 amide bonds. The van der Waals surface area contributed by atoms with Crippen LogP contribution in [0.15, 0.2) is 0 Å². The van der Waals surface area contributed by atoms with E-state index in [9.17, 15) is 5.11 Å². The van der Waals surface area contributed by atoms with Crippen molar-refractivity contribution in [3.05, 3.63) is 0 Å². The van der Waals surface area contributed by atoms with Crippen LogP contribution in [0.5, 0.6) is 0 Å². The fourth-order valence-corrected chi connectivity index (χ4v) is 6.46. The van der Waals surface area contributed by atoms with E-state index in [0.29, 0.717) is 38.3 Å². The van der Waals surface area contributed by atoms with Crippen LogP contribution in [0.4, 0.5) is 0 Å². The number of aliphatic hydroxyl groups is 1. The van der Waals surface area contributed by atoms with Gasteiger partial charge in [-0.3, -0.25) is 4.90 Å². The Bertz CT molecular complexity index is 374. The monoisotopic (exact) mass is 458 g/mol. The molecule has 0 aliphatic heterocycles. The van der Waals surface area contributed by atoms with Gasteiger partial charge in [0.05, 0.1) is 12.7 Å². The smallest absolute Gasteiger partial charge is 0.389 e. The third-order valence-corrected chi connectivity index (χ3v) is 10.5. The number of hydrogen-bond acceptors (Lipinski definition) is 10. The first-order chi connectivity index (χ1) is 13.9. The highest BCUT2D eigenvalue weighted by atomic mass is 28.4. The van der Waals surface area contributed by atoms with Crippen molar-refractivity contribution < 1.29 is 36.4 Å². The molecule has 0 aliphatic rings. The third-order valence-electron chi connectivity index (χ3n) is 4.82. The Hall–Kier alpha value is 0.0338. The van der Waals surface area contributed by atoms with Crippen molar-refractivity contribution in [1.29, 1.82) is 0 Å². The highest BCUT2D eigenvalue weighted by Crippen LogP contribution is 2.16. The molecule has 0 fully saturated rings. The molecule has 176 valence electrons. The summed E-state index contributed by atoms with van der Waals surface area (Å²) in [6.07, 6.45) is 0.969. The summed E-state index contributed by atoms with van der Waals surface area (Å²) in [6, 6.07) is 1.37. The molecule has 0 heterocycles. The van der Waals surface area contributed by atoms with E-state index in [1.807, 2.05) is 0 Å². The quantitative estimate of drug-likeness (QED) is 0.193. The average molecular weight is 459 g/mol. The number of nitrogens with zero attached hydrogens (tertiary/aromatic N) is 1. The molecular weight excluding hydrogens is 416 g/mol. The van der Waals surface area contributed by atoms with E-state index < -0.39 is 23.7 Å². The second-order valence-electron chi connectivity index (χ2n) is 6.62. The maximum atomic E-state index is 10.3. The molecule has 12 heteroatoms. The molecule has 29 heavy (non-hydrogen) atoms. The Morgan fingerprint density at radius 1 is 0.793 bits per heavy atom. The van der Waals surface area contributed by atoms with Crippen LogP contribution in [0.2, 0.25) is 12.1 Å². The van der Waals surface area contributed by atoms with Gasteiger partial charge >= 0.3 is 17.6 Å². The van der Waals surface area contributed by atoms with Gasteiger partial charge in [0.2, 0.25) is 0 Å². The number of rotatable bonds is 20. The SMILES string of the molecule is CO[Si](CCCOCC(O)CN(CCN)CCC[Si](OC)(OC)OC)(OC)OC. The summed E-state index contributed by atoms with van der Waals surface area (Å²) in [5, 5.41) is 10.3. The zero-order valence-electron chi connectivity index (χ0n) is 19.0. The Morgan fingerprint density at radius 3 is 1.72 bits per heavy atom. The summed E-state index contributed by atoms with van der Waals surface area (Å²) in [5.74, 6) is 0. The van der Waals surface area contributed by atoms with Gasteiger partial charge in [0.1, 0.15) is 0 Å². The highest BCUT2D eigenvalue weighted by Gasteiger charge is 2.37. The molecular formula is C17H42N2O8Si2. The number of hydrogen-bond donors (Lipinski definition) is 2. The maximum Gasteiger partial charge on any atom is 0.500 e. The zero-order chi connectivity index (χ0) is 22.2. The molecule has 0 saturated carbocycles. The summed E-state index contributed by atoms with van der Waals surface area (Å²) < 4.78 is 38.1. The molecule has 1 atom stereocenters. The molecule has 0 spiro atoms. The third kappa shape index (κ3) is 11.3. The lowest BCUT2D eigenvalue weighted by molar-refractivity contribution is 0.0158. The second kappa shape index (κ2) is 16.7. The maximum absolute atomic E-state index is 10.3. The molecule has 0 aromatic carbocycles. The van der Waals surface area contributed by atoms with Gasteiger partial charge in [-0.05, 0) is 19.4 Å². The lowest BCUT2D eigenvalue weighted by Crippen LogP contribution is -2.44. The molecule has 0 radical (unpaired) electrons. The van der Waals surface area contributed by atoms with Crippen molar-refractivity contribution in [2.45, 2.75) is 31.0 Å². The van der Waals surface area contributed by atoms with Crippen molar-refractivity contribution in [2.75, 3.05) is 82.1 Å². The van der Waals surface area contributed by atoms with Gasteiger partial charge in [-0.15, -0.1) is 0 Å². The summed E-state index contributed by atoms with van der Waals surface area (Å²) in [6.45, 7) is 3.24. The first-order valence-corrected chi connectivity index (χ1v) is 13.8. The van der Waals surface area contributed by atoms with Gasteiger partial charge < -0.3 is 42.1 Å². The topological polar surface area (TPSA) is 114 Å². The number of nitrogens with two attached hydrogens (primary N) is 1. The number of ether oxygens (including phenoxy) is 1. The number of aliphatic hydroxyl groups excluding tert-OH is 1. The molecule has 0 aromatic heterocycles. The summed E-state index contributed by atoms with van der Waals surface area (Å²) in [5.41, 5.74) is 5.71. The Kier molecular flexibility index (Phi) is 16.7. The van der Waals surface area contributed by atoms with E-state index in [1.54, 1.807) is 42.7 Å². The fraction of sp³-hybridized carbons (Fsp3) is 1.00. The molecule has 0 aromatic rings. The van der Waals surface area contributed by atoms with Crippen LogP contribution in [-0.4, -0.2) is 116 Å². The van der Waals surface area contributed by atoms with Crippen molar-refractivity contribution in [2.24, 2.45) is 5.73 Å². The zero-order valence-corrected chi connectivity index (χ0v) is 21.0. The van der Waals surface area contributed by atoms with Gasteiger partial charge in [-0.2, -0.15) is 0 Å². The van der Waals surface area contributed by atoms with Gasteiger partial charge in [0.15, 0.2) is 0 Å². The van der Waals surface area contributed by atoms with Crippen LogP contribution in [0.1, 0.15) is 12.8 Å². The highest BCUT2D eigenvalue weighted by molar-refractivity contribution is 6.60. The van der Waals surface area contributed by atoms with Crippen molar-refractivity contribution in [3.63, 3.8) is 0 Å². The van der Waals surface area contributed by atoms with Crippen LogP contribution in [0, 0.1) is 0 Å². The normalized spacial score (nSPS) is 14.0. The Labute approximate surface area is 178 Å². The van der Waals surface area contributed by atoms with Crippen molar-refractivity contribution in [1.82, 2.24) is 4.90 Å². The molecule has 0 rings (SSSR count). The molecule has 0 aliphatic carbocycles. The summed E-state index contributed by atoms with van der Waals surface area (Å²) in [4.78, 5) is 2.12. The molecule has 10 nitrogen and oxygen atoms in total. The second-order valence-corrected chi connectivity index (χ2v) is 12.8. The largest absolute Gasteiger partial charge is 0.500 e. The van der Waals surface area contributed by atoms with E-state index in [4.69, 9.17) is 37.0 Å². The minimum absolute atomic E-state index is 0.259. The fourth-order valence-electron chi connectivity index (χ4n) is 3.07. The van der Waals surface area contributed by atoms with Crippen LogP contribution in [-0.2, 0) is 31.3 Å². The lowest BCUT2D eigenvalue weighted by atomic mass is 10.3. The van der Waals surface area contributed by atoms with E-state index in [0.717, 1.165) is 19.4 Å². The standard InChI is InChI=1S/C17H42N2O8Si2/c1-21-28(22-2,23-3)13-7-10-19(11-9-18)15-17(20)16-27-12-8-14-29(24-4,25-5)26-6/h17,20H,7-16,18H2,1-6H3. The van der Waals surface area contributed by atoms with Gasteiger partial charge in [0.25, 0.3) is 0 Å². The molecule has 3 N–H and O–H groups in total. The Morgan fingerprint density at radius 2 is 1.28 bits per heavy atom. The Balaban J connectivity index is 4.22.